The van der Waals surface area contributed by atoms with Crippen LogP contribution in [-0.2, 0) is 22.7 Å². The van der Waals surface area contributed by atoms with Crippen LogP contribution in [0.3, 0.4) is 0 Å². The van der Waals surface area contributed by atoms with Crippen LogP contribution >= 0.6 is 11.6 Å². The summed E-state index contributed by atoms with van der Waals surface area (Å²) in [6.45, 7) is 2.66. The van der Waals surface area contributed by atoms with Gasteiger partial charge in [-0.25, -0.2) is 14.4 Å². The molecular weight excluding hydrogens is 665 g/mol. The van der Waals surface area contributed by atoms with Gasteiger partial charge in [0.2, 0.25) is 11.8 Å². The van der Waals surface area contributed by atoms with E-state index in [1.165, 1.54) is 7.11 Å². The maximum atomic E-state index is 15.8. The first kappa shape index (κ1) is 35.0. The van der Waals surface area contributed by atoms with Crippen LogP contribution < -0.4 is 25.4 Å². The largest absolute Gasteiger partial charge is 0.494 e. The van der Waals surface area contributed by atoms with Gasteiger partial charge in [0.15, 0.2) is 17.4 Å². The Balaban J connectivity index is 1.21. The molecule has 1 aromatic carbocycles. The van der Waals surface area contributed by atoms with E-state index in [1.54, 1.807) is 43.8 Å². The number of aromatic nitrogens is 3. The van der Waals surface area contributed by atoms with Gasteiger partial charge >= 0.3 is 5.97 Å². The molecule has 3 aromatic heterocycles. The standard InChI is InChI=1S/C36H39ClFN7O5/c1-49-33-26(4-3-5-28(33)43-34-31(38)23(10-14-41-34)20-45-16-12-21(13-17-45)36(47)48)32-30(37)25(11-15-40-32)27-8-6-22(35(44-27)50-2)18-39-19-24-7-9-29(46)42-24/h3-6,8,10-11,14-15,21,24,39H,7,9,12-13,16-20H2,1-2H3,(H,41,43)(H,42,46)(H,47,48)/t24-/m1/s1. The summed E-state index contributed by atoms with van der Waals surface area (Å²) in [6.07, 6.45) is 5.61. The van der Waals surface area contributed by atoms with Crippen molar-refractivity contribution in [3.63, 3.8) is 0 Å². The van der Waals surface area contributed by atoms with E-state index in [-0.39, 0.29) is 23.7 Å². The Labute approximate surface area is 294 Å². The molecule has 1 atom stereocenters. The van der Waals surface area contributed by atoms with Crippen LogP contribution in [0.25, 0.3) is 22.5 Å². The number of carbonyl (C=O) groups excluding carboxylic acids is 1. The molecule has 2 aliphatic heterocycles. The first-order valence-corrected chi connectivity index (χ1v) is 16.8. The normalized spacial score (nSPS) is 16.6. The smallest absolute Gasteiger partial charge is 0.306 e. The topological polar surface area (TPSA) is 151 Å². The monoisotopic (exact) mass is 703 g/mol. The molecule has 5 heterocycles. The van der Waals surface area contributed by atoms with Crippen LogP contribution in [0.1, 0.15) is 36.8 Å². The number of hydrogen-bond donors (Lipinski definition) is 4. The lowest BCUT2D eigenvalue weighted by Crippen LogP contribution is -2.36. The number of carboxylic acid groups (broad SMARTS) is 1. The number of nitrogens with one attached hydrogen (secondary N) is 3. The molecule has 2 aliphatic rings. The van der Waals surface area contributed by atoms with Crippen LogP contribution in [0.5, 0.6) is 11.6 Å². The van der Waals surface area contributed by atoms with E-state index in [2.05, 4.69) is 30.8 Å². The lowest BCUT2D eigenvalue weighted by Gasteiger charge is -2.30. The molecule has 0 aliphatic carbocycles. The number of methoxy groups -OCH3 is 2. The van der Waals surface area contributed by atoms with E-state index in [0.717, 1.165) is 12.0 Å². The molecular formula is C36H39ClFN7O5. The number of para-hydroxylation sites is 1. The molecule has 14 heteroatoms. The lowest BCUT2D eigenvalue weighted by molar-refractivity contribution is -0.143. The van der Waals surface area contributed by atoms with Crippen molar-refractivity contribution in [2.75, 3.05) is 39.2 Å². The predicted octanol–water partition coefficient (Wildman–Crippen LogP) is 5.42. The van der Waals surface area contributed by atoms with Gasteiger partial charge in [0.05, 0.1) is 42.2 Å². The summed E-state index contributed by atoms with van der Waals surface area (Å²) in [5.41, 5.74) is 4.03. The quantitative estimate of drug-likeness (QED) is 0.141. The van der Waals surface area contributed by atoms with Gasteiger partial charge in [-0.1, -0.05) is 23.7 Å². The van der Waals surface area contributed by atoms with Crippen LogP contribution in [-0.4, -0.2) is 76.7 Å². The molecule has 0 spiro atoms. The molecule has 2 fully saturated rings. The molecule has 2 saturated heterocycles. The van der Waals surface area contributed by atoms with Gasteiger partial charge in [-0.05, 0) is 62.7 Å². The van der Waals surface area contributed by atoms with E-state index in [0.29, 0.717) is 102 Å². The third-order valence-corrected chi connectivity index (χ3v) is 9.50. The fraction of sp³-hybridized carbons (Fsp3) is 0.361. The Bertz CT molecular complexity index is 1870. The highest BCUT2D eigenvalue weighted by Gasteiger charge is 2.26. The van der Waals surface area contributed by atoms with Crippen molar-refractivity contribution in [2.24, 2.45) is 5.92 Å². The fourth-order valence-electron chi connectivity index (χ4n) is 6.41. The molecule has 262 valence electrons. The molecule has 0 unspecified atom stereocenters. The molecule has 1 amide bonds. The number of hydrogen-bond acceptors (Lipinski definition) is 10. The first-order valence-electron chi connectivity index (χ1n) is 16.5. The van der Waals surface area contributed by atoms with Gasteiger partial charge in [-0.3, -0.25) is 19.5 Å². The van der Waals surface area contributed by atoms with Gasteiger partial charge in [0.25, 0.3) is 0 Å². The minimum Gasteiger partial charge on any atom is -0.494 e. The number of benzene rings is 1. The Hall–Kier alpha value is -4.85. The fourth-order valence-corrected chi connectivity index (χ4v) is 6.72. The number of halogens is 2. The van der Waals surface area contributed by atoms with Crippen molar-refractivity contribution in [1.29, 1.82) is 0 Å². The maximum Gasteiger partial charge on any atom is 0.306 e. The average molecular weight is 704 g/mol. The molecule has 0 radical (unpaired) electrons. The van der Waals surface area contributed by atoms with Gasteiger partial charge in [-0.2, -0.15) is 0 Å². The number of aliphatic carboxylic acids is 1. The van der Waals surface area contributed by atoms with E-state index in [4.69, 9.17) is 26.1 Å². The Kier molecular flexibility index (Phi) is 11.1. The van der Waals surface area contributed by atoms with Crippen LogP contribution in [0.2, 0.25) is 5.02 Å². The van der Waals surface area contributed by atoms with E-state index < -0.39 is 11.8 Å². The van der Waals surface area contributed by atoms with E-state index >= 15 is 4.39 Å². The number of pyridine rings is 3. The Morgan fingerprint density at radius 1 is 1.04 bits per heavy atom. The number of ether oxygens (including phenoxy) is 2. The molecule has 6 rings (SSSR count). The molecule has 12 nitrogen and oxygen atoms in total. The highest BCUT2D eigenvalue weighted by atomic mass is 35.5. The van der Waals surface area contributed by atoms with Crippen molar-refractivity contribution in [3.8, 4) is 34.1 Å². The van der Waals surface area contributed by atoms with E-state index in [1.807, 2.05) is 18.2 Å². The van der Waals surface area contributed by atoms with Gasteiger partial charge < -0.3 is 30.5 Å². The number of piperidine rings is 1. The first-order chi connectivity index (χ1) is 24.2. The number of anilines is 2. The highest BCUT2D eigenvalue weighted by molar-refractivity contribution is 6.35. The maximum absolute atomic E-state index is 15.8. The SMILES string of the molecule is COc1nc(-c2ccnc(-c3cccc(Nc4nccc(CN5CCC(C(=O)O)CC5)c4F)c3OC)c2Cl)ccc1CNC[C@H]1CCC(=O)N1. The number of rotatable bonds is 13. The Morgan fingerprint density at radius 2 is 1.84 bits per heavy atom. The number of nitrogens with zero attached hydrogens (tertiary/aromatic N) is 4. The number of amides is 1. The van der Waals surface area contributed by atoms with Gasteiger partial charge in [-0.15, -0.1) is 0 Å². The third kappa shape index (κ3) is 7.80. The average Bonchev–Trinajstić information content (AvgIpc) is 3.54. The summed E-state index contributed by atoms with van der Waals surface area (Å²) in [5, 5.41) is 19.1. The number of carboxylic acids is 1. The minimum absolute atomic E-state index is 0.0325. The summed E-state index contributed by atoms with van der Waals surface area (Å²) in [6, 6.07) is 12.7. The second-order valence-corrected chi connectivity index (χ2v) is 12.7. The second-order valence-electron chi connectivity index (χ2n) is 12.4. The highest BCUT2D eigenvalue weighted by Crippen LogP contribution is 2.42. The summed E-state index contributed by atoms with van der Waals surface area (Å²) in [5.74, 6) is -0.686. The van der Waals surface area contributed by atoms with Crippen LogP contribution in [0, 0.1) is 11.7 Å². The zero-order valence-corrected chi connectivity index (χ0v) is 28.6. The van der Waals surface area contributed by atoms with Gasteiger partial charge in [0, 0.05) is 66.7 Å². The molecule has 0 bridgehead atoms. The lowest BCUT2D eigenvalue weighted by atomic mass is 9.97. The van der Waals surface area contributed by atoms with Crippen molar-refractivity contribution >= 4 is 35.0 Å². The van der Waals surface area contributed by atoms with Crippen molar-refractivity contribution in [2.45, 2.75) is 44.8 Å². The summed E-state index contributed by atoms with van der Waals surface area (Å²) in [7, 11) is 3.08. The van der Waals surface area contributed by atoms with Crippen molar-refractivity contribution in [1.82, 2.24) is 30.5 Å². The van der Waals surface area contributed by atoms with Crippen molar-refractivity contribution < 1.29 is 28.6 Å². The minimum atomic E-state index is -0.783. The number of likely N-dealkylation sites (tertiary alicyclic amines) is 1. The van der Waals surface area contributed by atoms with E-state index in [9.17, 15) is 14.7 Å². The summed E-state index contributed by atoms with van der Waals surface area (Å²) >= 11 is 7.01. The van der Waals surface area contributed by atoms with Crippen LogP contribution in [0.4, 0.5) is 15.9 Å². The Morgan fingerprint density at radius 3 is 2.56 bits per heavy atom. The van der Waals surface area contributed by atoms with Gasteiger partial charge in [0.1, 0.15) is 0 Å². The van der Waals surface area contributed by atoms with Crippen molar-refractivity contribution in [3.05, 3.63) is 76.8 Å². The number of carbonyl (C=O) groups is 2. The molecule has 4 N–H and O–H groups in total. The molecule has 4 aromatic rings. The molecule has 50 heavy (non-hydrogen) atoms. The van der Waals surface area contributed by atoms with Crippen LogP contribution in [0.15, 0.2) is 54.9 Å². The zero-order chi connectivity index (χ0) is 35.2. The summed E-state index contributed by atoms with van der Waals surface area (Å²) in [4.78, 5) is 38.5. The predicted molar refractivity (Wildman–Crippen MR) is 187 cm³/mol. The second kappa shape index (κ2) is 15.8. The molecule has 0 saturated carbocycles. The zero-order valence-electron chi connectivity index (χ0n) is 27.8. The summed E-state index contributed by atoms with van der Waals surface area (Å²) < 4.78 is 27.2. The third-order valence-electron chi connectivity index (χ3n) is 9.12.